The van der Waals surface area contributed by atoms with E-state index in [9.17, 15) is 14.4 Å². The van der Waals surface area contributed by atoms with E-state index in [-0.39, 0.29) is 18.5 Å². The first kappa shape index (κ1) is 17.3. The van der Waals surface area contributed by atoms with Crippen molar-refractivity contribution in [2.45, 2.75) is 19.9 Å². The number of carbonyl (C=O) groups excluding carboxylic acids is 2. The molecule has 0 radical (unpaired) electrons. The lowest BCUT2D eigenvalue weighted by Gasteiger charge is -2.11. The number of carbonyl (C=O) groups is 2. The van der Waals surface area contributed by atoms with E-state index in [2.05, 4.69) is 10.3 Å². The SMILES string of the molecule is Cc1cccc2c(=O)n(CC(=O)Nc3ccccc3CC(N)=O)cnc12. The van der Waals surface area contributed by atoms with Crippen LogP contribution < -0.4 is 16.6 Å². The molecule has 0 aliphatic rings. The molecule has 26 heavy (non-hydrogen) atoms. The summed E-state index contributed by atoms with van der Waals surface area (Å²) >= 11 is 0. The minimum atomic E-state index is -0.489. The standard InChI is InChI=1S/C19H18N4O3/c1-12-5-4-7-14-18(12)21-11-23(19(14)26)10-17(25)22-15-8-3-2-6-13(15)9-16(20)24/h2-8,11H,9-10H2,1H3,(H2,20,24)(H,22,25). The first-order chi connectivity index (χ1) is 12.5. The van der Waals surface area contributed by atoms with Gasteiger partial charge < -0.3 is 11.1 Å². The topological polar surface area (TPSA) is 107 Å². The fraction of sp³-hybridized carbons (Fsp3) is 0.158. The number of nitrogens with one attached hydrogen (secondary N) is 1. The number of fused-ring (bicyclic) bond motifs is 1. The number of para-hydroxylation sites is 2. The van der Waals surface area contributed by atoms with Gasteiger partial charge in [0.05, 0.1) is 23.7 Å². The lowest BCUT2D eigenvalue weighted by atomic mass is 10.1. The highest BCUT2D eigenvalue weighted by Crippen LogP contribution is 2.16. The molecule has 132 valence electrons. The van der Waals surface area contributed by atoms with Crippen molar-refractivity contribution in [3.63, 3.8) is 0 Å². The first-order valence-electron chi connectivity index (χ1n) is 8.06. The van der Waals surface area contributed by atoms with Crippen LogP contribution in [0.25, 0.3) is 10.9 Å². The van der Waals surface area contributed by atoms with E-state index in [4.69, 9.17) is 5.73 Å². The van der Waals surface area contributed by atoms with Crippen molar-refractivity contribution in [3.8, 4) is 0 Å². The number of primary amides is 1. The smallest absolute Gasteiger partial charge is 0.261 e. The molecule has 1 heterocycles. The predicted octanol–water partition coefficient (Wildman–Crippen LogP) is 1.37. The van der Waals surface area contributed by atoms with Gasteiger partial charge in [-0.3, -0.25) is 19.0 Å². The van der Waals surface area contributed by atoms with Gasteiger partial charge in [-0.1, -0.05) is 30.3 Å². The lowest BCUT2D eigenvalue weighted by Crippen LogP contribution is -2.28. The number of anilines is 1. The molecule has 0 aliphatic heterocycles. The van der Waals surface area contributed by atoms with Crippen LogP contribution in [0.5, 0.6) is 0 Å². The number of nitrogens with zero attached hydrogens (tertiary/aromatic N) is 2. The molecule has 7 heteroatoms. The lowest BCUT2D eigenvalue weighted by molar-refractivity contribution is -0.118. The van der Waals surface area contributed by atoms with Gasteiger partial charge in [0.2, 0.25) is 11.8 Å². The number of hydrogen-bond donors (Lipinski definition) is 2. The van der Waals surface area contributed by atoms with Crippen molar-refractivity contribution in [1.82, 2.24) is 9.55 Å². The number of nitrogens with two attached hydrogens (primary N) is 1. The molecule has 0 atom stereocenters. The Hall–Kier alpha value is -3.48. The molecular weight excluding hydrogens is 332 g/mol. The highest BCUT2D eigenvalue weighted by molar-refractivity contribution is 5.92. The van der Waals surface area contributed by atoms with Gasteiger partial charge in [0.15, 0.2) is 0 Å². The number of rotatable bonds is 5. The number of aryl methyl sites for hydroxylation is 1. The zero-order valence-electron chi connectivity index (χ0n) is 14.2. The fourth-order valence-corrected chi connectivity index (χ4v) is 2.78. The van der Waals surface area contributed by atoms with E-state index in [0.717, 1.165) is 5.56 Å². The normalized spacial score (nSPS) is 10.7. The summed E-state index contributed by atoms with van der Waals surface area (Å²) in [5.74, 6) is -0.880. The molecule has 7 nitrogen and oxygen atoms in total. The van der Waals surface area contributed by atoms with Crippen molar-refractivity contribution in [2.75, 3.05) is 5.32 Å². The molecule has 0 saturated heterocycles. The Labute approximate surface area is 149 Å². The zero-order valence-corrected chi connectivity index (χ0v) is 14.2. The van der Waals surface area contributed by atoms with Crippen molar-refractivity contribution in [3.05, 3.63) is 70.3 Å². The van der Waals surface area contributed by atoms with Crippen LogP contribution in [0.4, 0.5) is 5.69 Å². The summed E-state index contributed by atoms with van der Waals surface area (Å²) in [5, 5.41) is 3.18. The van der Waals surface area contributed by atoms with E-state index >= 15 is 0 Å². The summed E-state index contributed by atoms with van der Waals surface area (Å²) in [7, 11) is 0. The maximum atomic E-state index is 12.6. The highest BCUT2D eigenvalue weighted by Gasteiger charge is 2.12. The Bertz CT molecular complexity index is 1060. The predicted molar refractivity (Wildman–Crippen MR) is 98.7 cm³/mol. The number of aromatic nitrogens is 2. The van der Waals surface area contributed by atoms with Gasteiger partial charge in [0.1, 0.15) is 6.54 Å². The van der Waals surface area contributed by atoms with E-state index in [0.29, 0.717) is 22.2 Å². The van der Waals surface area contributed by atoms with E-state index < -0.39 is 11.8 Å². The zero-order chi connectivity index (χ0) is 18.7. The van der Waals surface area contributed by atoms with E-state index in [1.165, 1.54) is 10.9 Å². The van der Waals surface area contributed by atoms with Crippen LogP contribution in [0.15, 0.2) is 53.6 Å². The van der Waals surface area contributed by atoms with Gasteiger partial charge in [-0.05, 0) is 30.2 Å². The van der Waals surface area contributed by atoms with Crippen LogP contribution in [0.2, 0.25) is 0 Å². The van der Waals surface area contributed by atoms with Crippen molar-refractivity contribution < 1.29 is 9.59 Å². The molecule has 3 rings (SSSR count). The molecule has 0 saturated carbocycles. The molecule has 0 unspecified atom stereocenters. The summed E-state index contributed by atoms with van der Waals surface area (Å²) in [6, 6.07) is 12.2. The second-order valence-electron chi connectivity index (χ2n) is 6.00. The Morgan fingerprint density at radius 3 is 2.69 bits per heavy atom. The van der Waals surface area contributed by atoms with Gasteiger partial charge in [-0.15, -0.1) is 0 Å². The second kappa shape index (κ2) is 7.18. The third kappa shape index (κ3) is 3.61. The molecule has 3 aromatic rings. The monoisotopic (exact) mass is 350 g/mol. The third-order valence-corrected chi connectivity index (χ3v) is 4.03. The van der Waals surface area contributed by atoms with Crippen molar-refractivity contribution in [2.24, 2.45) is 5.73 Å². The van der Waals surface area contributed by atoms with Gasteiger partial charge >= 0.3 is 0 Å². The molecule has 0 fully saturated rings. The van der Waals surface area contributed by atoms with E-state index in [1.54, 1.807) is 36.4 Å². The maximum Gasteiger partial charge on any atom is 0.261 e. The Morgan fingerprint density at radius 1 is 1.15 bits per heavy atom. The van der Waals surface area contributed by atoms with E-state index in [1.807, 2.05) is 13.0 Å². The fourth-order valence-electron chi connectivity index (χ4n) is 2.78. The second-order valence-corrected chi connectivity index (χ2v) is 6.00. The maximum absolute atomic E-state index is 12.6. The van der Waals surface area contributed by atoms with Crippen LogP contribution in [-0.2, 0) is 22.6 Å². The average molecular weight is 350 g/mol. The first-order valence-corrected chi connectivity index (χ1v) is 8.06. The molecule has 1 aromatic heterocycles. The molecule has 0 bridgehead atoms. The third-order valence-electron chi connectivity index (χ3n) is 4.03. The summed E-state index contributed by atoms with van der Waals surface area (Å²) in [5.41, 5.74) is 7.59. The molecule has 0 aliphatic carbocycles. The van der Waals surface area contributed by atoms with Gasteiger partial charge in [0, 0.05) is 5.69 Å². The number of amides is 2. The Morgan fingerprint density at radius 2 is 1.92 bits per heavy atom. The van der Waals surface area contributed by atoms with Gasteiger partial charge in [0.25, 0.3) is 5.56 Å². The Balaban J connectivity index is 1.83. The van der Waals surface area contributed by atoms with Gasteiger partial charge in [-0.2, -0.15) is 0 Å². The van der Waals surface area contributed by atoms with Crippen LogP contribution in [0.3, 0.4) is 0 Å². The quantitative estimate of drug-likeness (QED) is 0.724. The van der Waals surface area contributed by atoms with Crippen molar-refractivity contribution >= 4 is 28.4 Å². The minimum absolute atomic E-state index is 0.0210. The van der Waals surface area contributed by atoms with Crippen LogP contribution in [0.1, 0.15) is 11.1 Å². The average Bonchev–Trinajstić information content (AvgIpc) is 2.59. The molecule has 2 amide bonds. The molecule has 2 aromatic carbocycles. The van der Waals surface area contributed by atoms with Crippen molar-refractivity contribution in [1.29, 1.82) is 0 Å². The summed E-state index contributed by atoms with van der Waals surface area (Å²) in [6.45, 7) is 1.70. The molecular formula is C19H18N4O3. The largest absolute Gasteiger partial charge is 0.369 e. The summed E-state index contributed by atoms with van der Waals surface area (Å²) in [4.78, 5) is 40.4. The summed E-state index contributed by atoms with van der Waals surface area (Å²) in [6.07, 6.45) is 1.39. The van der Waals surface area contributed by atoms with Gasteiger partial charge in [-0.25, -0.2) is 4.98 Å². The van der Waals surface area contributed by atoms with Crippen LogP contribution >= 0.6 is 0 Å². The van der Waals surface area contributed by atoms with Crippen LogP contribution in [-0.4, -0.2) is 21.4 Å². The highest BCUT2D eigenvalue weighted by atomic mass is 16.2. The van der Waals surface area contributed by atoms with Crippen LogP contribution in [0, 0.1) is 6.92 Å². The molecule has 0 spiro atoms. The number of hydrogen-bond acceptors (Lipinski definition) is 4. The minimum Gasteiger partial charge on any atom is -0.369 e. The number of benzene rings is 2. The molecule has 3 N–H and O–H groups in total. The Kier molecular flexibility index (Phi) is 4.79. The summed E-state index contributed by atoms with van der Waals surface area (Å²) < 4.78 is 1.26.